The lowest BCUT2D eigenvalue weighted by molar-refractivity contribution is -0.120. The third kappa shape index (κ3) is 4.93. The van der Waals surface area contributed by atoms with Gasteiger partial charge in [-0.1, -0.05) is 22.0 Å². The number of hydrogen-bond acceptors (Lipinski definition) is 3. The zero-order chi connectivity index (χ0) is 16.1. The minimum Gasteiger partial charge on any atom is -0.348 e. The molecular formula is C15H14Br2N2O2S. The summed E-state index contributed by atoms with van der Waals surface area (Å²) in [6.07, 6.45) is 0.180. The van der Waals surface area contributed by atoms with Gasteiger partial charge in [0.15, 0.2) is 0 Å². The third-order valence-corrected chi connectivity index (χ3v) is 5.03. The van der Waals surface area contributed by atoms with Gasteiger partial charge in [-0.3, -0.25) is 9.59 Å². The van der Waals surface area contributed by atoms with E-state index in [1.807, 2.05) is 35.7 Å². The van der Waals surface area contributed by atoms with Crippen molar-refractivity contribution < 1.29 is 9.59 Å². The van der Waals surface area contributed by atoms with Gasteiger partial charge >= 0.3 is 0 Å². The molecule has 0 saturated carbocycles. The lowest BCUT2D eigenvalue weighted by Crippen LogP contribution is -2.29. The van der Waals surface area contributed by atoms with Gasteiger partial charge in [-0.15, -0.1) is 11.3 Å². The number of halogens is 2. The molecule has 1 unspecified atom stereocenters. The van der Waals surface area contributed by atoms with E-state index >= 15 is 0 Å². The Labute approximate surface area is 149 Å². The molecule has 1 heterocycles. The molecule has 116 valence electrons. The predicted octanol–water partition coefficient (Wildman–Crippen LogP) is 4.48. The van der Waals surface area contributed by atoms with E-state index in [1.54, 1.807) is 0 Å². The summed E-state index contributed by atoms with van der Waals surface area (Å²) in [4.78, 5) is 24.6. The van der Waals surface area contributed by atoms with Crippen LogP contribution >= 0.6 is 43.2 Å². The highest BCUT2D eigenvalue weighted by molar-refractivity contribution is 9.11. The van der Waals surface area contributed by atoms with E-state index in [9.17, 15) is 9.59 Å². The Bertz CT molecular complexity index is 674. The maximum Gasteiger partial charge on any atom is 0.226 e. The predicted molar refractivity (Wildman–Crippen MR) is 96.0 cm³/mol. The molecular weight excluding hydrogens is 432 g/mol. The number of nitrogens with one attached hydrogen (secondary N) is 2. The van der Waals surface area contributed by atoms with E-state index in [4.69, 9.17) is 0 Å². The van der Waals surface area contributed by atoms with Crippen molar-refractivity contribution in [3.8, 4) is 0 Å². The van der Waals surface area contributed by atoms with E-state index < -0.39 is 0 Å². The molecule has 0 fully saturated rings. The van der Waals surface area contributed by atoms with Crippen LogP contribution in [0.5, 0.6) is 0 Å². The molecule has 1 aromatic carbocycles. The van der Waals surface area contributed by atoms with Crippen LogP contribution < -0.4 is 10.6 Å². The van der Waals surface area contributed by atoms with Crippen LogP contribution in [0, 0.1) is 0 Å². The van der Waals surface area contributed by atoms with E-state index in [0.29, 0.717) is 5.69 Å². The van der Waals surface area contributed by atoms with Crippen LogP contribution in [0.15, 0.2) is 44.7 Å². The number of carbonyl (C=O) groups excluding carboxylic acids is 2. The quantitative estimate of drug-likeness (QED) is 0.712. The fraction of sp³-hybridized carbons (Fsp3) is 0.200. The van der Waals surface area contributed by atoms with Gasteiger partial charge in [0.1, 0.15) is 0 Å². The highest BCUT2D eigenvalue weighted by Gasteiger charge is 2.18. The normalized spacial score (nSPS) is 11.8. The summed E-state index contributed by atoms with van der Waals surface area (Å²) in [6.45, 7) is 1.45. The van der Waals surface area contributed by atoms with Crippen molar-refractivity contribution in [3.05, 3.63) is 49.5 Å². The molecule has 22 heavy (non-hydrogen) atoms. The molecule has 0 bridgehead atoms. The molecule has 7 heteroatoms. The molecule has 2 rings (SSSR count). The highest BCUT2D eigenvalue weighted by atomic mass is 79.9. The Kier molecular flexibility index (Phi) is 6.16. The van der Waals surface area contributed by atoms with Gasteiger partial charge in [0.2, 0.25) is 11.8 Å². The Morgan fingerprint density at radius 3 is 2.68 bits per heavy atom. The molecule has 0 aliphatic heterocycles. The van der Waals surface area contributed by atoms with E-state index in [-0.39, 0.29) is 24.3 Å². The van der Waals surface area contributed by atoms with Crippen molar-refractivity contribution in [2.45, 2.75) is 19.4 Å². The van der Waals surface area contributed by atoms with Crippen molar-refractivity contribution >= 4 is 60.7 Å². The minimum atomic E-state index is -0.316. The van der Waals surface area contributed by atoms with Crippen LogP contribution in [-0.4, -0.2) is 11.8 Å². The van der Waals surface area contributed by atoms with Crippen LogP contribution in [0.25, 0.3) is 0 Å². The third-order valence-electron chi connectivity index (χ3n) is 2.86. The molecule has 1 aromatic heterocycles. The summed E-state index contributed by atoms with van der Waals surface area (Å²) in [5.41, 5.74) is 0.687. The Morgan fingerprint density at radius 1 is 1.27 bits per heavy atom. The molecule has 0 spiro atoms. The molecule has 0 aliphatic carbocycles. The van der Waals surface area contributed by atoms with Crippen molar-refractivity contribution in [1.29, 1.82) is 0 Å². The highest BCUT2D eigenvalue weighted by Crippen LogP contribution is 2.27. The van der Waals surface area contributed by atoms with Crippen molar-refractivity contribution in [2.75, 3.05) is 5.32 Å². The molecule has 0 radical (unpaired) electrons. The summed E-state index contributed by atoms with van der Waals surface area (Å²) >= 11 is 8.29. The first-order valence-corrected chi connectivity index (χ1v) is 8.97. The van der Waals surface area contributed by atoms with Crippen molar-refractivity contribution in [1.82, 2.24) is 5.32 Å². The molecule has 0 aliphatic rings. The SMILES string of the molecule is CC(=O)NC(CC(=O)Nc1cc(Br)ccc1Br)c1cccs1. The fourth-order valence-electron chi connectivity index (χ4n) is 1.94. The number of hydrogen-bond donors (Lipinski definition) is 2. The molecule has 2 N–H and O–H groups in total. The van der Waals surface area contributed by atoms with Crippen molar-refractivity contribution in [3.63, 3.8) is 0 Å². The summed E-state index contributed by atoms with van der Waals surface area (Å²) in [5, 5.41) is 7.59. The van der Waals surface area contributed by atoms with Gasteiger partial charge in [-0.05, 0) is 45.6 Å². The minimum absolute atomic E-state index is 0.158. The second kappa shape index (κ2) is 7.89. The molecule has 2 amide bonds. The average Bonchev–Trinajstić information content (AvgIpc) is 2.95. The maximum absolute atomic E-state index is 12.3. The Morgan fingerprint density at radius 2 is 2.05 bits per heavy atom. The van der Waals surface area contributed by atoms with Crippen LogP contribution in [0.2, 0.25) is 0 Å². The zero-order valence-electron chi connectivity index (χ0n) is 11.7. The van der Waals surface area contributed by atoms with Gasteiger partial charge < -0.3 is 10.6 Å². The van der Waals surface area contributed by atoms with Gasteiger partial charge in [0.25, 0.3) is 0 Å². The molecule has 4 nitrogen and oxygen atoms in total. The maximum atomic E-state index is 12.3. The van der Waals surface area contributed by atoms with Crippen LogP contribution in [0.3, 0.4) is 0 Å². The van der Waals surface area contributed by atoms with Gasteiger partial charge in [0, 0.05) is 20.7 Å². The monoisotopic (exact) mass is 444 g/mol. The zero-order valence-corrected chi connectivity index (χ0v) is 15.7. The van der Waals surface area contributed by atoms with E-state index in [1.165, 1.54) is 18.3 Å². The van der Waals surface area contributed by atoms with Gasteiger partial charge in [-0.25, -0.2) is 0 Å². The van der Waals surface area contributed by atoms with Crippen molar-refractivity contribution in [2.24, 2.45) is 0 Å². The number of benzene rings is 1. The van der Waals surface area contributed by atoms with Crippen LogP contribution in [-0.2, 0) is 9.59 Å². The second-order valence-electron chi connectivity index (χ2n) is 4.64. The van der Waals surface area contributed by atoms with E-state index in [0.717, 1.165) is 13.8 Å². The van der Waals surface area contributed by atoms with Crippen LogP contribution in [0.4, 0.5) is 5.69 Å². The first-order chi connectivity index (χ1) is 10.5. The average molecular weight is 446 g/mol. The number of rotatable bonds is 5. The van der Waals surface area contributed by atoms with Gasteiger partial charge in [0.05, 0.1) is 18.2 Å². The Hall–Kier alpha value is -1.18. The number of amides is 2. The lowest BCUT2D eigenvalue weighted by Gasteiger charge is -2.16. The summed E-state index contributed by atoms with van der Waals surface area (Å²) in [5.74, 6) is -0.319. The largest absolute Gasteiger partial charge is 0.348 e. The Balaban J connectivity index is 2.08. The summed E-state index contributed by atoms with van der Waals surface area (Å²) < 4.78 is 1.68. The summed E-state index contributed by atoms with van der Waals surface area (Å²) in [6, 6.07) is 9.05. The number of carbonyl (C=O) groups is 2. The standard InChI is InChI=1S/C15H14Br2N2O2S/c1-9(20)18-13(14-3-2-6-22-14)8-15(21)19-12-7-10(16)4-5-11(12)17/h2-7,13H,8H2,1H3,(H,18,20)(H,19,21). The first kappa shape index (κ1) is 17.2. The fourth-order valence-corrected chi connectivity index (χ4v) is 3.42. The topological polar surface area (TPSA) is 58.2 Å². The second-order valence-corrected chi connectivity index (χ2v) is 7.39. The van der Waals surface area contributed by atoms with E-state index in [2.05, 4.69) is 42.5 Å². The van der Waals surface area contributed by atoms with Crippen LogP contribution in [0.1, 0.15) is 24.3 Å². The first-order valence-electron chi connectivity index (χ1n) is 6.51. The molecule has 0 saturated heterocycles. The summed E-state index contributed by atoms with van der Waals surface area (Å²) in [7, 11) is 0. The lowest BCUT2D eigenvalue weighted by atomic mass is 10.1. The molecule has 1 atom stereocenters. The smallest absolute Gasteiger partial charge is 0.226 e. The number of anilines is 1. The van der Waals surface area contributed by atoms with Gasteiger partial charge in [-0.2, -0.15) is 0 Å². The molecule has 2 aromatic rings. The number of thiophene rings is 1.